The maximum absolute atomic E-state index is 12.8. The number of nitrogens with one attached hydrogen (secondary N) is 1. The highest BCUT2D eigenvalue weighted by molar-refractivity contribution is 6.00. The van der Waals surface area contributed by atoms with Gasteiger partial charge in [-0.3, -0.25) is 4.79 Å². The Labute approximate surface area is 169 Å². The normalized spacial score (nSPS) is 10.5. The predicted octanol–water partition coefficient (Wildman–Crippen LogP) is 3.65. The van der Waals surface area contributed by atoms with E-state index >= 15 is 0 Å². The third-order valence-electron chi connectivity index (χ3n) is 4.54. The summed E-state index contributed by atoms with van der Waals surface area (Å²) in [6, 6.07) is 13.1. The second-order valence-electron chi connectivity index (χ2n) is 6.43. The number of hydrogen-bond donors (Lipinski definition) is 1. The second kappa shape index (κ2) is 9.14. The summed E-state index contributed by atoms with van der Waals surface area (Å²) in [5.41, 5.74) is 2.64. The molecule has 3 rings (SSSR count). The molecule has 7 nitrogen and oxygen atoms in total. The number of benzene rings is 2. The van der Waals surface area contributed by atoms with E-state index in [1.54, 1.807) is 46.5 Å². The van der Waals surface area contributed by atoms with Crippen LogP contribution in [0.15, 0.2) is 47.0 Å². The van der Waals surface area contributed by atoms with Crippen molar-refractivity contribution in [3.8, 4) is 28.6 Å². The van der Waals surface area contributed by atoms with Crippen LogP contribution in [0.4, 0.5) is 0 Å². The van der Waals surface area contributed by atoms with Gasteiger partial charge in [-0.15, -0.1) is 0 Å². The van der Waals surface area contributed by atoms with Crippen LogP contribution in [0.5, 0.6) is 17.2 Å². The highest BCUT2D eigenvalue weighted by atomic mass is 16.5. The first kappa shape index (κ1) is 20.3. The van der Waals surface area contributed by atoms with Gasteiger partial charge in [-0.25, -0.2) is 0 Å². The van der Waals surface area contributed by atoms with E-state index in [0.717, 1.165) is 11.3 Å². The SMILES string of the molecule is COc1cccc(CCNC(=O)c2c(C)noc2-c2cc(OC)cc(OC)c2)c1. The standard InChI is InChI=1S/C22H24N2O5/c1-14-20(22(25)23-9-8-15-6-5-7-17(10-15)26-2)21(29-24-14)16-11-18(27-3)13-19(12-16)28-4/h5-7,10-13H,8-9H2,1-4H3,(H,23,25). The van der Waals surface area contributed by atoms with E-state index < -0.39 is 0 Å². The minimum absolute atomic E-state index is 0.247. The number of carbonyl (C=O) groups excluding carboxylic acids is 1. The molecule has 1 aromatic heterocycles. The molecule has 7 heteroatoms. The smallest absolute Gasteiger partial charge is 0.257 e. The Balaban J connectivity index is 1.77. The van der Waals surface area contributed by atoms with Gasteiger partial charge in [-0.05, 0) is 43.2 Å². The first-order valence-corrected chi connectivity index (χ1v) is 9.16. The highest BCUT2D eigenvalue weighted by Gasteiger charge is 2.22. The van der Waals surface area contributed by atoms with Crippen LogP contribution in [0, 0.1) is 6.92 Å². The number of ether oxygens (including phenoxy) is 3. The number of carbonyl (C=O) groups is 1. The lowest BCUT2D eigenvalue weighted by Gasteiger charge is -2.09. The van der Waals surface area contributed by atoms with Crippen molar-refractivity contribution in [1.29, 1.82) is 0 Å². The van der Waals surface area contributed by atoms with Gasteiger partial charge in [-0.2, -0.15) is 0 Å². The molecule has 0 radical (unpaired) electrons. The van der Waals surface area contributed by atoms with Gasteiger partial charge in [0.1, 0.15) is 22.8 Å². The van der Waals surface area contributed by atoms with Crippen molar-refractivity contribution in [2.45, 2.75) is 13.3 Å². The Morgan fingerprint density at radius 3 is 2.34 bits per heavy atom. The molecule has 0 unspecified atom stereocenters. The van der Waals surface area contributed by atoms with E-state index in [0.29, 0.717) is 47.0 Å². The Morgan fingerprint density at radius 2 is 1.69 bits per heavy atom. The zero-order chi connectivity index (χ0) is 20.8. The molecule has 1 heterocycles. The van der Waals surface area contributed by atoms with Gasteiger partial charge in [0.15, 0.2) is 5.76 Å². The molecule has 0 spiro atoms. The van der Waals surface area contributed by atoms with Crippen LogP contribution in [-0.4, -0.2) is 38.9 Å². The lowest BCUT2D eigenvalue weighted by atomic mass is 10.1. The van der Waals surface area contributed by atoms with Gasteiger partial charge in [-0.1, -0.05) is 17.3 Å². The number of amides is 1. The fourth-order valence-corrected chi connectivity index (χ4v) is 3.01. The van der Waals surface area contributed by atoms with E-state index in [4.69, 9.17) is 18.7 Å². The number of rotatable bonds is 8. The third kappa shape index (κ3) is 4.68. The topological polar surface area (TPSA) is 82.8 Å². The summed E-state index contributed by atoms with van der Waals surface area (Å²) in [5, 5.41) is 6.92. The summed E-state index contributed by atoms with van der Waals surface area (Å²) < 4.78 is 21.3. The molecule has 2 aromatic carbocycles. The minimum Gasteiger partial charge on any atom is -0.497 e. The minimum atomic E-state index is -0.247. The van der Waals surface area contributed by atoms with E-state index in [1.165, 1.54) is 0 Å². The molecule has 0 saturated carbocycles. The Hall–Kier alpha value is -3.48. The molecule has 1 N–H and O–H groups in total. The Kier molecular flexibility index (Phi) is 6.39. The lowest BCUT2D eigenvalue weighted by molar-refractivity contribution is 0.0954. The molecule has 0 saturated heterocycles. The van der Waals surface area contributed by atoms with Gasteiger partial charge in [0, 0.05) is 18.2 Å². The Morgan fingerprint density at radius 1 is 1.00 bits per heavy atom. The molecule has 29 heavy (non-hydrogen) atoms. The molecule has 0 aliphatic heterocycles. The summed E-state index contributed by atoms with van der Waals surface area (Å²) >= 11 is 0. The Bertz CT molecular complexity index is 974. The van der Waals surface area contributed by atoms with E-state index in [2.05, 4.69) is 10.5 Å². The molecule has 152 valence electrons. The van der Waals surface area contributed by atoms with E-state index in [9.17, 15) is 4.79 Å². The maximum atomic E-state index is 12.8. The largest absolute Gasteiger partial charge is 0.497 e. The molecule has 1 amide bonds. The summed E-state index contributed by atoms with van der Waals surface area (Å²) in [6.07, 6.45) is 0.676. The molecule has 0 atom stereocenters. The quantitative estimate of drug-likeness (QED) is 0.626. The van der Waals surface area contributed by atoms with Gasteiger partial charge < -0.3 is 24.1 Å². The molecule has 0 fully saturated rings. The molecule has 3 aromatic rings. The van der Waals surface area contributed by atoms with Crippen molar-refractivity contribution >= 4 is 5.91 Å². The predicted molar refractivity (Wildman–Crippen MR) is 109 cm³/mol. The number of aromatic nitrogens is 1. The average Bonchev–Trinajstić information content (AvgIpc) is 3.14. The van der Waals surface area contributed by atoms with Gasteiger partial charge in [0.05, 0.1) is 27.0 Å². The van der Waals surface area contributed by atoms with E-state index in [1.807, 2.05) is 24.3 Å². The zero-order valence-electron chi connectivity index (χ0n) is 16.9. The van der Waals surface area contributed by atoms with Crippen LogP contribution < -0.4 is 19.5 Å². The zero-order valence-corrected chi connectivity index (χ0v) is 16.9. The monoisotopic (exact) mass is 396 g/mol. The van der Waals surface area contributed by atoms with Crippen molar-refractivity contribution in [2.75, 3.05) is 27.9 Å². The van der Waals surface area contributed by atoms with Crippen molar-refractivity contribution in [1.82, 2.24) is 10.5 Å². The second-order valence-corrected chi connectivity index (χ2v) is 6.43. The first-order valence-electron chi connectivity index (χ1n) is 9.16. The van der Waals surface area contributed by atoms with Crippen molar-refractivity contribution in [3.05, 3.63) is 59.3 Å². The summed E-state index contributed by atoms with van der Waals surface area (Å²) in [7, 11) is 4.76. The third-order valence-corrected chi connectivity index (χ3v) is 4.54. The van der Waals surface area contributed by atoms with Crippen LogP contribution >= 0.6 is 0 Å². The van der Waals surface area contributed by atoms with Gasteiger partial charge >= 0.3 is 0 Å². The number of nitrogens with zero attached hydrogens (tertiary/aromatic N) is 1. The van der Waals surface area contributed by atoms with Crippen LogP contribution in [-0.2, 0) is 6.42 Å². The van der Waals surface area contributed by atoms with Gasteiger partial charge in [0.25, 0.3) is 5.91 Å². The van der Waals surface area contributed by atoms with Crippen molar-refractivity contribution < 1.29 is 23.5 Å². The van der Waals surface area contributed by atoms with Crippen LogP contribution in [0.3, 0.4) is 0 Å². The van der Waals surface area contributed by atoms with E-state index in [-0.39, 0.29) is 5.91 Å². The summed E-state index contributed by atoms with van der Waals surface area (Å²) in [6.45, 7) is 2.21. The number of methoxy groups -OCH3 is 3. The molecule has 0 bridgehead atoms. The summed E-state index contributed by atoms with van der Waals surface area (Å²) in [5.74, 6) is 2.11. The fourth-order valence-electron chi connectivity index (χ4n) is 3.01. The van der Waals surface area contributed by atoms with Crippen LogP contribution in [0.25, 0.3) is 11.3 Å². The molecular weight excluding hydrogens is 372 g/mol. The maximum Gasteiger partial charge on any atom is 0.257 e. The van der Waals surface area contributed by atoms with Crippen molar-refractivity contribution in [2.24, 2.45) is 0 Å². The fraction of sp³-hybridized carbons (Fsp3) is 0.273. The molecule has 0 aliphatic carbocycles. The molecular formula is C22H24N2O5. The van der Waals surface area contributed by atoms with Crippen molar-refractivity contribution in [3.63, 3.8) is 0 Å². The molecule has 0 aliphatic rings. The van der Waals surface area contributed by atoms with Crippen LogP contribution in [0.1, 0.15) is 21.6 Å². The van der Waals surface area contributed by atoms with Crippen LogP contribution in [0.2, 0.25) is 0 Å². The number of hydrogen-bond acceptors (Lipinski definition) is 6. The number of aryl methyl sites for hydroxylation is 1. The highest BCUT2D eigenvalue weighted by Crippen LogP contribution is 2.32. The average molecular weight is 396 g/mol. The first-order chi connectivity index (χ1) is 14.0. The lowest BCUT2D eigenvalue weighted by Crippen LogP contribution is -2.26. The summed E-state index contributed by atoms with van der Waals surface area (Å²) in [4.78, 5) is 12.8. The van der Waals surface area contributed by atoms with Gasteiger partial charge in [0.2, 0.25) is 0 Å².